The maximum atomic E-state index is 13.8. The third kappa shape index (κ3) is 28.7. The first-order valence-electron chi connectivity index (χ1n) is 32.3. The molecule has 8 rings (SSSR count). The number of nitrogens with zero attached hydrogens (tertiary/aromatic N) is 1. The molecular weight excluding hydrogens is 1350 g/mol. The molecular formula is C72H100N3O22PSSi. The van der Waals surface area contributed by atoms with Crippen molar-refractivity contribution in [3.8, 4) is 0 Å². The van der Waals surface area contributed by atoms with Crippen LogP contribution in [0.4, 0.5) is 14.4 Å². The molecule has 4 aliphatic heterocycles. The molecule has 100 heavy (non-hydrogen) atoms. The summed E-state index contributed by atoms with van der Waals surface area (Å²) >= 11 is 1.75. The fourth-order valence-electron chi connectivity index (χ4n) is 10.7. The standard InChI is InChI=1S/C34H42NO5PSi.C14H14O4.C11H17NO6.C11H17NO5.C2H6S.2H2O/c1-34(2,3)42(28-16-9-5-10-17-28,29-18-11-6-12-19-29)40-23-13-20-30(31(36)22-21-26-14-7-4-8-15-26)32(37)35-27(25-41)24-39-33(35)38;15-13-9-7-11(14(16)17)12(18-13)8-6-10-4-2-1-3-5-10;1-11(2,3)18-10(16)12-6-4-5-7(13)17-8(6)9(14)15;1-11(2,3)17-10(15)12-7-4-5-9(14)16-8(7)6-13;1-3-2;;/h4-12,14-19,21-22,27,30-31,36H,13,20,23-25,41H2,1-3H3;1-6,8,11-12H,7,9H2,(H,16,17);6,8H,4-5H2,1-3H3,(H,12,16)(H,14,15);6-8H,4-5H2,1-3H3,(H,12,15);1-2H3;2*1H2/b22-21-;8-6-;;;;;/t27-,30+,31-;11-,12+;6-,8-;7-,8+;;;/m0111.../s1. The number of carbonyl (C=O) groups excluding carboxylic acids is 8. The summed E-state index contributed by atoms with van der Waals surface area (Å²) in [5.41, 5.74) is 0.588. The average Bonchev–Trinajstić information content (AvgIpc) is 0.879. The first-order valence-corrected chi connectivity index (χ1v) is 36.6. The van der Waals surface area contributed by atoms with E-state index in [0.717, 1.165) is 11.1 Å². The quantitative estimate of drug-likeness (QED) is 0.0148. The van der Waals surface area contributed by atoms with Crippen molar-refractivity contribution in [2.75, 3.05) is 31.9 Å². The number of nitrogens with one attached hydrogen (secondary N) is 2. The monoisotopic (exact) mass is 1450 g/mol. The Morgan fingerprint density at radius 1 is 0.650 bits per heavy atom. The molecule has 4 saturated heterocycles. The number of carboxylic acid groups (broad SMARTS) is 2. The number of carbonyl (C=O) groups is 10. The highest BCUT2D eigenvalue weighted by Gasteiger charge is 2.50. The number of hydrogen-bond donors (Lipinski definition) is 5. The second kappa shape index (κ2) is 42.7. The van der Waals surface area contributed by atoms with Gasteiger partial charge in [0.05, 0.1) is 36.1 Å². The smallest absolute Gasteiger partial charge is 0.416 e. The Hall–Kier alpha value is -8.30. The number of thioether (sulfide) groups is 1. The number of esters is 3. The van der Waals surface area contributed by atoms with Gasteiger partial charge in [-0.05, 0) is 125 Å². The minimum Gasteiger partial charge on any atom is -0.481 e. The highest BCUT2D eigenvalue weighted by atomic mass is 32.2. The lowest BCUT2D eigenvalue weighted by atomic mass is 9.93. The van der Waals surface area contributed by atoms with Crippen molar-refractivity contribution >= 4 is 112 Å². The van der Waals surface area contributed by atoms with Gasteiger partial charge in [-0.1, -0.05) is 160 Å². The van der Waals surface area contributed by atoms with E-state index in [4.69, 9.17) is 38.3 Å². The minimum absolute atomic E-state index is 0. The average molecular weight is 1450 g/mol. The first-order chi connectivity index (χ1) is 46.3. The number of aliphatic hydroxyl groups excluding tert-OH is 1. The van der Waals surface area contributed by atoms with Gasteiger partial charge in [-0.3, -0.25) is 28.8 Å². The fraction of sp³-hybridized carbons (Fsp3) is 0.472. The van der Waals surface area contributed by atoms with Crippen molar-refractivity contribution in [2.45, 2.75) is 172 Å². The van der Waals surface area contributed by atoms with E-state index < -0.39 is 116 Å². The first kappa shape index (κ1) is 87.8. The van der Waals surface area contributed by atoms with Crippen molar-refractivity contribution in [1.82, 2.24) is 15.5 Å². The lowest BCUT2D eigenvalue weighted by Crippen LogP contribution is -2.66. The topological polar surface area (TPSA) is 386 Å². The number of rotatable bonds is 19. The summed E-state index contributed by atoms with van der Waals surface area (Å²) in [7, 11) is -0.162. The van der Waals surface area contributed by atoms with E-state index in [1.54, 1.807) is 77.6 Å². The van der Waals surface area contributed by atoms with Crippen LogP contribution in [0.1, 0.15) is 125 Å². The summed E-state index contributed by atoms with van der Waals surface area (Å²) in [6, 6.07) is 38.3. The van der Waals surface area contributed by atoms with Gasteiger partial charge in [0.15, 0.2) is 12.4 Å². The molecule has 4 aliphatic rings. The highest BCUT2D eigenvalue weighted by molar-refractivity contribution is 7.97. The summed E-state index contributed by atoms with van der Waals surface area (Å²) in [5, 5.41) is 36.4. The van der Waals surface area contributed by atoms with Gasteiger partial charge in [0.1, 0.15) is 23.9 Å². The normalized spacial score (nSPS) is 20.3. The second-order valence-corrected chi connectivity index (χ2v) is 31.8. The molecule has 0 aromatic heterocycles. The van der Waals surface area contributed by atoms with Gasteiger partial charge in [-0.2, -0.15) is 11.8 Å². The predicted octanol–water partition coefficient (Wildman–Crippen LogP) is 8.15. The summed E-state index contributed by atoms with van der Waals surface area (Å²) in [4.78, 5) is 116. The van der Waals surface area contributed by atoms with Crippen LogP contribution >= 0.6 is 21.0 Å². The number of aldehydes is 1. The number of aliphatic carboxylic acids is 2. The van der Waals surface area contributed by atoms with Gasteiger partial charge < -0.3 is 69.8 Å². The summed E-state index contributed by atoms with van der Waals surface area (Å²) in [6.45, 7) is 17.6. The van der Waals surface area contributed by atoms with Crippen LogP contribution in [0.3, 0.4) is 0 Å². The van der Waals surface area contributed by atoms with Crippen LogP contribution in [0.5, 0.6) is 0 Å². The van der Waals surface area contributed by atoms with Gasteiger partial charge >= 0.3 is 48.1 Å². The molecule has 0 radical (unpaired) electrons. The van der Waals surface area contributed by atoms with Crippen molar-refractivity contribution < 1.29 is 107 Å². The Balaban J connectivity index is 0.000000489. The van der Waals surface area contributed by atoms with Crippen molar-refractivity contribution in [1.29, 1.82) is 0 Å². The van der Waals surface area contributed by atoms with Gasteiger partial charge in [0, 0.05) is 25.9 Å². The molecule has 1 unspecified atom stereocenters. The minimum atomic E-state index is -2.74. The number of alkyl carbamates (subject to hydrolysis) is 2. The zero-order chi connectivity index (χ0) is 72.8. The molecule has 4 fully saturated rings. The van der Waals surface area contributed by atoms with E-state index in [2.05, 4.69) is 93.9 Å². The third-order valence-electron chi connectivity index (χ3n) is 15.2. The van der Waals surface area contributed by atoms with E-state index in [9.17, 15) is 53.1 Å². The Bertz CT molecular complexity index is 3260. The number of benzene rings is 4. The summed E-state index contributed by atoms with van der Waals surface area (Å²) < 4.78 is 36.8. The molecule has 0 bridgehead atoms. The number of hydrogen-bond acceptors (Lipinski definition) is 19. The van der Waals surface area contributed by atoms with Crippen LogP contribution in [0.25, 0.3) is 12.2 Å². The number of aliphatic hydroxyl groups is 1. The Labute approximate surface area is 592 Å². The zero-order valence-electron chi connectivity index (χ0n) is 58.6. The van der Waals surface area contributed by atoms with E-state index in [-0.39, 0.29) is 60.3 Å². The molecule has 4 aromatic rings. The molecule has 10 atom stereocenters. The Morgan fingerprint density at radius 2 is 1.09 bits per heavy atom. The number of ether oxygens (including phenoxy) is 6. The number of amides is 4. The second-order valence-electron chi connectivity index (χ2n) is 26.2. The van der Waals surface area contributed by atoms with E-state index in [1.807, 2.05) is 85.3 Å². The number of cyclic esters (lactones) is 4. The Morgan fingerprint density at radius 3 is 1.54 bits per heavy atom. The van der Waals surface area contributed by atoms with Gasteiger partial charge in [0.2, 0.25) is 12.0 Å². The largest absolute Gasteiger partial charge is 0.481 e. The zero-order valence-corrected chi connectivity index (χ0v) is 61.6. The molecule has 0 spiro atoms. The van der Waals surface area contributed by atoms with Crippen LogP contribution in [0.2, 0.25) is 5.04 Å². The van der Waals surface area contributed by atoms with Crippen LogP contribution < -0.4 is 21.0 Å². The van der Waals surface area contributed by atoms with Crippen LogP contribution in [-0.4, -0.2) is 185 Å². The van der Waals surface area contributed by atoms with Gasteiger partial charge in [0.25, 0.3) is 8.32 Å². The van der Waals surface area contributed by atoms with E-state index in [1.165, 1.54) is 15.3 Å². The van der Waals surface area contributed by atoms with Crippen molar-refractivity contribution in [2.24, 2.45) is 11.8 Å². The van der Waals surface area contributed by atoms with Gasteiger partial charge in [-0.25, -0.2) is 24.1 Å². The van der Waals surface area contributed by atoms with Crippen molar-refractivity contribution in [3.05, 3.63) is 145 Å². The third-order valence-corrected chi connectivity index (χ3v) is 20.8. The molecule has 4 heterocycles. The van der Waals surface area contributed by atoms with E-state index in [0.29, 0.717) is 44.7 Å². The Kier molecular flexibility index (Phi) is 37.5. The lowest BCUT2D eigenvalue weighted by Gasteiger charge is -2.43. The molecule has 25 nitrogen and oxygen atoms in total. The maximum absolute atomic E-state index is 13.8. The number of carboxylic acids is 2. The SMILES string of the molecule is CC(C)(C)OC(=O)N[C@@H]1CCC(=O)O[C@H]1C(=O)O.CC(C)(C)OC(=O)N[C@@H]1CCC(=O)O[C@H]1C=O.CC(C)(C)[Si](OCCC[C@@H](C(=O)N1C(=O)OC[C@H]1CP)[C@@H](O)/C=C\c1ccccc1)(c1ccccc1)c1ccccc1.CSC.O.O.O=C1CC[C@@H](C(=O)O)[C@H](/C=C\c2ccccc2)O1. The lowest BCUT2D eigenvalue weighted by molar-refractivity contribution is -0.170. The summed E-state index contributed by atoms with van der Waals surface area (Å²) in [6.07, 6.45) is 8.17. The predicted molar refractivity (Wildman–Crippen MR) is 385 cm³/mol. The summed E-state index contributed by atoms with van der Waals surface area (Å²) in [5.74, 6) is -5.45. The highest BCUT2D eigenvalue weighted by Crippen LogP contribution is 2.37. The number of imide groups is 1. The van der Waals surface area contributed by atoms with Crippen LogP contribution in [-0.2, 0) is 66.4 Å². The van der Waals surface area contributed by atoms with Crippen molar-refractivity contribution in [3.63, 3.8) is 0 Å². The molecule has 0 saturated carbocycles. The maximum Gasteiger partial charge on any atom is 0.416 e. The van der Waals surface area contributed by atoms with E-state index >= 15 is 0 Å². The van der Waals surface area contributed by atoms with Crippen LogP contribution in [0, 0.1) is 11.8 Å². The molecule has 4 aromatic carbocycles. The van der Waals surface area contributed by atoms with Crippen LogP contribution in [0.15, 0.2) is 133 Å². The van der Waals surface area contributed by atoms with Gasteiger partial charge in [-0.15, -0.1) is 9.24 Å². The molecule has 4 amide bonds. The molecule has 0 aliphatic carbocycles. The molecule has 9 N–H and O–H groups in total. The molecule has 550 valence electrons. The fourth-order valence-corrected chi connectivity index (χ4v) is 15.6. The molecule has 28 heteroatoms.